The zero-order valence-electron chi connectivity index (χ0n) is 15.1. The number of anilines is 1. The Morgan fingerprint density at radius 2 is 1.84 bits per heavy atom. The molecule has 134 valence electrons. The van der Waals surface area contributed by atoms with Gasteiger partial charge in [-0.2, -0.15) is 0 Å². The molecule has 0 aliphatic heterocycles. The van der Waals surface area contributed by atoms with Crippen LogP contribution in [0, 0.1) is 18.6 Å². The van der Waals surface area contributed by atoms with Gasteiger partial charge in [0, 0.05) is 17.3 Å². The van der Waals surface area contributed by atoms with Crippen molar-refractivity contribution in [3.05, 3.63) is 64.7 Å². The number of carbonyl (C=O) groups is 1. The number of nitrogens with two attached hydrogens (primary N) is 1. The predicted molar refractivity (Wildman–Crippen MR) is 95.5 cm³/mol. The number of halogens is 2. The number of rotatable bonds is 6. The van der Waals surface area contributed by atoms with E-state index in [1.807, 2.05) is 25.1 Å². The van der Waals surface area contributed by atoms with Crippen molar-refractivity contribution in [1.29, 1.82) is 0 Å². The predicted octanol–water partition coefficient (Wildman–Crippen LogP) is 3.66. The zero-order chi connectivity index (χ0) is 18.6. The Balaban J connectivity index is 2.02. The highest BCUT2D eigenvalue weighted by Crippen LogP contribution is 2.27. The van der Waals surface area contributed by atoms with Crippen LogP contribution in [0.1, 0.15) is 49.4 Å². The summed E-state index contributed by atoms with van der Waals surface area (Å²) >= 11 is 0. The van der Waals surface area contributed by atoms with Crippen molar-refractivity contribution < 1.29 is 18.9 Å². The van der Waals surface area contributed by atoms with Gasteiger partial charge in [-0.3, -0.25) is 4.79 Å². The number of aryl methyl sites for hydroxylation is 1. The van der Waals surface area contributed by atoms with Gasteiger partial charge in [0.2, 0.25) is 0 Å². The molecule has 0 heterocycles. The molecule has 3 N–H and O–H groups in total. The molecule has 2 rings (SSSR count). The smallest absolute Gasteiger partial charge is 0.279 e. The second kappa shape index (κ2) is 8.21. The van der Waals surface area contributed by atoms with E-state index in [0.717, 1.165) is 22.9 Å². The molecule has 0 unspecified atom stereocenters. The third kappa shape index (κ3) is 4.86. The van der Waals surface area contributed by atoms with Gasteiger partial charge in [0.05, 0.1) is 0 Å². The topological polar surface area (TPSA) is 45.7 Å². The Bertz CT molecular complexity index is 759. The number of benzene rings is 2. The van der Waals surface area contributed by atoms with Crippen LogP contribution in [0.3, 0.4) is 0 Å². The molecule has 2 aromatic carbocycles. The van der Waals surface area contributed by atoms with Gasteiger partial charge in [-0.1, -0.05) is 32.0 Å². The van der Waals surface area contributed by atoms with Crippen LogP contribution in [0.25, 0.3) is 0 Å². The molecule has 2 aromatic rings. The van der Waals surface area contributed by atoms with Crippen LogP contribution in [0.2, 0.25) is 0 Å². The molecule has 1 amide bonds. The summed E-state index contributed by atoms with van der Waals surface area (Å²) in [5, 5.41) is 4.70. The van der Waals surface area contributed by atoms with Crippen LogP contribution in [0.5, 0.6) is 0 Å². The fraction of sp³-hybridized carbons (Fsp3) is 0.350. The van der Waals surface area contributed by atoms with Crippen LogP contribution in [0.15, 0.2) is 36.4 Å². The first kappa shape index (κ1) is 19.1. The molecule has 0 aromatic heterocycles. The van der Waals surface area contributed by atoms with Crippen molar-refractivity contribution in [3.8, 4) is 0 Å². The second-order valence-electron chi connectivity index (χ2n) is 6.64. The molecule has 0 fully saturated rings. The van der Waals surface area contributed by atoms with Crippen LogP contribution in [-0.2, 0) is 4.79 Å². The zero-order valence-corrected chi connectivity index (χ0v) is 15.1. The Hall–Kier alpha value is -2.27. The van der Waals surface area contributed by atoms with Gasteiger partial charge in [0.15, 0.2) is 6.54 Å². The monoisotopic (exact) mass is 347 g/mol. The third-order valence-electron chi connectivity index (χ3n) is 4.30. The molecular weight excluding hydrogens is 322 g/mol. The van der Waals surface area contributed by atoms with E-state index >= 15 is 0 Å². The lowest BCUT2D eigenvalue weighted by molar-refractivity contribution is -0.682. The lowest BCUT2D eigenvalue weighted by Gasteiger charge is -2.17. The Kier molecular flexibility index (Phi) is 6.26. The summed E-state index contributed by atoms with van der Waals surface area (Å²) in [6.07, 6.45) is 0. The van der Waals surface area contributed by atoms with E-state index in [9.17, 15) is 13.6 Å². The highest BCUT2D eigenvalue weighted by atomic mass is 19.1. The molecule has 0 aliphatic carbocycles. The van der Waals surface area contributed by atoms with Gasteiger partial charge in [-0.25, -0.2) is 8.78 Å². The lowest BCUT2D eigenvalue weighted by Crippen LogP contribution is -2.86. The molecule has 25 heavy (non-hydrogen) atoms. The molecule has 3 nitrogen and oxygen atoms in total. The highest BCUT2D eigenvalue weighted by Gasteiger charge is 2.17. The number of quaternary nitrogens is 1. The minimum Gasteiger partial charge on any atom is -0.332 e. The van der Waals surface area contributed by atoms with Crippen molar-refractivity contribution in [2.45, 2.75) is 39.7 Å². The van der Waals surface area contributed by atoms with E-state index in [-0.39, 0.29) is 18.5 Å². The van der Waals surface area contributed by atoms with Crippen molar-refractivity contribution >= 4 is 11.6 Å². The first-order chi connectivity index (χ1) is 11.8. The van der Waals surface area contributed by atoms with E-state index in [1.165, 1.54) is 12.1 Å². The van der Waals surface area contributed by atoms with Crippen LogP contribution in [0.4, 0.5) is 14.5 Å². The molecule has 1 atom stereocenters. The third-order valence-corrected chi connectivity index (χ3v) is 4.30. The number of nitrogens with one attached hydrogen (secondary N) is 1. The summed E-state index contributed by atoms with van der Waals surface area (Å²) in [7, 11) is 0. The summed E-state index contributed by atoms with van der Waals surface area (Å²) in [5.41, 5.74) is 3.33. The summed E-state index contributed by atoms with van der Waals surface area (Å²) in [6, 6.07) is 9.17. The molecule has 5 heteroatoms. The maximum absolute atomic E-state index is 13.8. The summed E-state index contributed by atoms with van der Waals surface area (Å²) < 4.78 is 26.8. The van der Waals surface area contributed by atoms with Gasteiger partial charge in [0.25, 0.3) is 5.91 Å². The molecule has 0 radical (unpaired) electrons. The Morgan fingerprint density at radius 3 is 2.48 bits per heavy atom. The van der Waals surface area contributed by atoms with E-state index in [2.05, 4.69) is 19.2 Å². The van der Waals surface area contributed by atoms with Gasteiger partial charge < -0.3 is 10.6 Å². The quantitative estimate of drug-likeness (QED) is 0.823. The molecule has 0 aliphatic rings. The second-order valence-corrected chi connectivity index (χ2v) is 6.64. The van der Waals surface area contributed by atoms with Crippen LogP contribution >= 0.6 is 0 Å². The average Bonchev–Trinajstić information content (AvgIpc) is 2.54. The van der Waals surface area contributed by atoms with Crippen molar-refractivity contribution in [2.24, 2.45) is 0 Å². The van der Waals surface area contributed by atoms with E-state index in [4.69, 9.17) is 0 Å². The van der Waals surface area contributed by atoms with Crippen LogP contribution < -0.4 is 10.6 Å². The van der Waals surface area contributed by atoms with Crippen molar-refractivity contribution in [2.75, 3.05) is 11.9 Å². The maximum atomic E-state index is 13.8. The molecule has 0 saturated carbocycles. The van der Waals surface area contributed by atoms with Gasteiger partial charge in [-0.05, 0) is 43.0 Å². The molecule has 0 bridgehead atoms. The summed E-state index contributed by atoms with van der Waals surface area (Å²) in [6.45, 7) is 8.06. The molecular formula is C20H25F2N2O+. The Morgan fingerprint density at radius 1 is 1.12 bits per heavy atom. The van der Waals surface area contributed by atoms with E-state index in [0.29, 0.717) is 11.5 Å². The summed E-state index contributed by atoms with van der Waals surface area (Å²) in [4.78, 5) is 12.3. The first-order valence-electron chi connectivity index (χ1n) is 8.47. The minimum absolute atomic E-state index is 0.148. The maximum Gasteiger partial charge on any atom is 0.279 e. The fourth-order valence-electron chi connectivity index (χ4n) is 2.81. The van der Waals surface area contributed by atoms with Gasteiger partial charge in [-0.15, -0.1) is 0 Å². The van der Waals surface area contributed by atoms with E-state index in [1.54, 1.807) is 12.2 Å². The standard InChI is InChI=1S/C20H24F2N2O/c1-12(2)16-7-5-6-13(3)20(16)24-19(25)11-23-14(4)17-9-8-15(21)10-18(17)22/h5-10,12,14,23H,11H2,1-4H3,(H,24,25)/p+1/t14-/m1/s1. The number of para-hydroxylation sites is 1. The average molecular weight is 347 g/mol. The fourth-order valence-corrected chi connectivity index (χ4v) is 2.81. The Labute approximate surface area is 147 Å². The van der Waals surface area contributed by atoms with E-state index < -0.39 is 11.6 Å². The van der Waals surface area contributed by atoms with Crippen molar-refractivity contribution in [1.82, 2.24) is 0 Å². The number of hydrogen-bond donors (Lipinski definition) is 2. The molecule has 0 spiro atoms. The SMILES string of the molecule is Cc1cccc(C(C)C)c1NC(=O)C[NH2+][C@H](C)c1ccc(F)cc1F. The largest absolute Gasteiger partial charge is 0.332 e. The van der Waals surface area contributed by atoms with Gasteiger partial charge in [0.1, 0.15) is 17.7 Å². The highest BCUT2D eigenvalue weighted by molar-refractivity contribution is 5.93. The normalized spacial score (nSPS) is 12.3. The van der Waals surface area contributed by atoms with Crippen LogP contribution in [-0.4, -0.2) is 12.5 Å². The lowest BCUT2D eigenvalue weighted by atomic mass is 9.98. The number of carbonyl (C=O) groups excluding carboxylic acids is 1. The molecule has 0 saturated heterocycles. The number of amides is 1. The minimum atomic E-state index is -0.605. The van der Waals surface area contributed by atoms with Gasteiger partial charge >= 0.3 is 0 Å². The first-order valence-corrected chi connectivity index (χ1v) is 8.47. The van der Waals surface area contributed by atoms with Crippen molar-refractivity contribution in [3.63, 3.8) is 0 Å². The number of hydrogen-bond acceptors (Lipinski definition) is 1. The summed E-state index contributed by atoms with van der Waals surface area (Å²) in [5.74, 6) is -1.05.